The van der Waals surface area contributed by atoms with Crippen molar-refractivity contribution in [2.24, 2.45) is 0 Å². The highest BCUT2D eigenvalue weighted by atomic mass is 16.5. The first kappa shape index (κ1) is 22.7. The molecule has 7 nitrogen and oxygen atoms in total. The van der Waals surface area contributed by atoms with Gasteiger partial charge in [-0.2, -0.15) is 0 Å². The topological polar surface area (TPSA) is 78.2 Å². The fourth-order valence-electron chi connectivity index (χ4n) is 4.06. The number of ether oxygens (including phenoxy) is 3. The molecule has 5 rings (SSSR count). The van der Waals surface area contributed by atoms with E-state index in [2.05, 4.69) is 36.1 Å². The number of rotatable bonds is 6. The lowest BCUT2D eigenvalue weighted by molar-refractivity contribution is 0.0526. The van der Waals surface area contributed by atoms with Gasteiger partial charge in [0.25, 0.3) is 0 Å². The van der Waals surface area contributed by atoms with E-state index in [0.29, 0.717) is 47.9 Å². The van der Waals surface area contributed by atoms with Gasteiger partial charge >= 0.3 is 5.97 Å². The Morgan fingerprint density at radius 1 is 1.03 bits per heavy atom. The van der Waals surface area contributed by atoms with Crippen LogP contribution in [0.25, 0.3) is 11.0 Å². The van der Waals surface area contributed by atoms with Crippen LogP contribution in [0.3, 0.4) is 0 Å². The molecule has 0 amide bonds. The van der Waals surface area contributed by atoms with Crippen LogP contribution in [0.5, 0.6) is 17.2 Å². The summed E-state index contributed by atoms with van der Waals surface area (Å²) in [4.78, 5) is 27.2. The number of aryl methyl sites for hydroxylation is 1. The lowest BCUT2D eigenvalue weighted by atomic mass is 10.1. The molecule has 0 aliphatic carbocycles. The summed E-state index contributed by atoms with van der Waals surface area (Å²) in [6, 6.07) is 18.3. The van der Waals surface area contributed by atoms with Crippen LogP contribution in [0.2, 0.25) is 0 Å². The van der Waals surface area contributed by atoms with Gasteiger partial charge in [0.1, 0.15) is 30.1 Å². The minimum Gasteiger partial charge on any atom is -0.478 e. The number of benzene rings is 3. The molecule has 7 heteroatoms. The first-order valence-electron chi connectivity index (χ1n) is 11.4. The van der Waals surface area contributed by atoms with E-state index in [0.717, 1.165) is 12.1 Å². The highest BCUT2D eigenvalue weighted by Crippen LogP contribution is 2.33. The van der Waals surface area contributed by atoms with Gasteiger partial charge in [-0.15, -0.1) is 0 Å². The van der Waals surface area contributed by atoms with E-state index < -0.39 is 5.97 Å². The molecule has 3 aromatic carbocycles. The van der Waals surface area contributed by atoms with E-state index in [-0.39, 0.29) is 11.2 Å². The average molecular weight is 472 g/mol. The summed E-state index contributed by atoms with van der Waals surface area (Å²) >= 11 is 0. The second-order valence-corrected chi connectivity index (χ2v) is 8.44. The molecule has 0 bridgehead atoms. The van der Waals surface area contributed by atoms with Gasteiger partial charge in [0.15, 0.2) is 0 Å². The number of carbonyl (C=O) groups is 1. The lowest BCUT2D eigenvalue weighted by Crippen LogP contribution is -2.31. The fourth-order valence-corrected chi connectivity index (χ4v) is 4.06. The first-order chi connectivity index (χ1) is 17.0. The van der Waals surface area contributed by atoms with Crippen LogP contribution in [0.1, 0.15) is 34.0 Å². The van der Waals surface area contributed by atoms with Crippen LogP contribution >= 0.6 is 0 Å². The van der Waals surface area contributed by atoms with Gasteiger partial charge in [-0.1, -0.05) is 29.8 Å². The maximum atomic E-state index is 13.2. The minimum absolute atomic E-state index is 0.0644. The van der Waals surface area contributed by atoms with Gasteiger partial charge in [-0.25, -0.2) is 4.79 Å². The molecule has 1 aliphatic rings. The molecule has 0 spiro atoms. The van der Waals surface area contributed by atoms with Crippen molar-refractivity contribution in [3.63, 3.8) is 0 Å². The van der Waals surface area contributed by atoms with Crippen molar-refractivity contribution in [3.05, 3.63) is 99.4 Å². The van der Waals surface area contributed by atoms with Crippen molar-refractivity contribution in [2.45, 2.75) is 26.9 Å². The maximum Gasteiger partial charge on any atom is 0.338 e. The first-order valence-corrected chi connectivity index (χ1v) is 11.4. The Hall–Kier alpha value is -4.10. The maximum absolute atomic E-state index is 13.2. The van der Waals surface area contributed by atoms with E-state index >= 15 is 0 Å². The molecule has 178 valence electrons. The summed E-state index contributed by atoms with van der Waals surface area (Å²) < 4.78 is 22.6. The second-order valence-electron chi connectivity index (χ2n) is 8.44. The Bertz CT molecular complexity index is 1420. The monoisotopic (exact) mass is 471 g/mol. The van der Waals surface area contributed by atoms with Crippen molar-refractivity contribution >= 4 is 16.9 Å². The summed E-state index contributed by atoms with van der Waals surface area (Å²) in [7, 11) is 0. The van der Waals surface area contributed by atoms with Crippen LogP contribution in [0.15, 0.2) is 76.1 Å². The van der Waals surface area contributed by atoms with Gasteiger partial charge in [0.2, 0.25) is 11.2 Å². The Kier molecular flexibility index (Phi) is 6.25. The SMILES string of the molecule is CCOC(=O)c1ccc(Oc2coc3c4c(ccc3c2=O)OCN(Cc2ccc(C)cc2)C4)cc1. The highest BCUT2D eigenvalue weighted by Gasteiger charge is 2.23. The van der Waals surface area contributed by atoms with E-state index in [9.17, 15) is 9.59 Å². The molecule has 0 saturated carbocycles. The van der Waals surface area contributed by atoms with Crippen molar-refractivity contribution < 1.29 is 23.4 Å². The molecule has 0 fully saturated rings. The Morgan fingerprint density at radius 3 is 2.54 bits per heavy atom. The van der Waals surface area contributed by atoms with E-state index in [1.54, 1.807) is 43.3 Å². The number of hydrogen-bond donors (Lipinski definition) is 0. The van der Waals surface area contributed by atoms with Crippen molar-refractivity contribution in [1.82, 2.24) is 4.90 Å². The minimum atomic E-state index is -0.410. The quantitative estimate of drug-likeness (QED) is 0.347. The highest BCUT2D eigenvalue weighted by molar-refractivity contribution is 5.89. The van der Waals surface area contributed by atoms with E-state index in [4.69, 9.17) is 18.6 Å². The molecule has 0 saturated heterocycles. The molecule has 0 radical (unpaired) electrons. The number of hydrogen-bond acceptors (Lipinski definition) is 7. The zero-order valence-corrected chi connectivity index (χ0v) is 19.6. The van der Waals surface area contributed by atoms with Crippen LogP contribution in [-0.2, 0) is 17.8 Å². The lowest BCUT2D eigenvalue weighted by Gasteiger charge is -2.29. The van der Waals surface area contributed by atoms with Gasteiger partial charge in [0.05, 0.1) is 23.1 Å². The molecule has 1 aliphatic heterocycles. The van der Waals surface area contributed by atoms with Gasteiger partial charge in [-0.05, 0) is 55.8 Å². The summed E-state index contributed by atoms with van der Waals surface area (Å²) in [5, 5.41) is 0.421. The Balaban J connectivity index is 1.38. The number of esters is 1. The number of carbonyl (C=O) groups excluding carboxylic acids is 1. The van der Waals surface area contributed by atoms with Gasteiger partial charge in [0, 0.05) is 13.1 Å². The fraction of sp³-hybridized carbons (Fsp3) is 0.214. The molecular formula is C28H25NO6. The third kappa shape index (κ3) is 4.76. The Labute approximate surface area is 202 Å². The predicted octanol–water partition coefficient (Wildman–Crippen LogP) is 5.42. The molecule has 0 N–H and O–H groups in total. The van der Waals surface area contributed by atoms with Crippen molar-refractivity contribution in [1.29, 1.82) is 0 Å². The van der Waals surface area contributed by atoms with E-state index in [1.807, 2.05) is 0 Å². The van der Waals surface area contributed by atoms with Crippen LogP contribution in [0, 0.1) is 6.92 Å². The standard InChI is InChI=1S/C28H25NO6/c1-3-32-28(31)20-8-10-21(11-9-20)35-25-16-33-27-22(26(25)30)12-13-24-23(27)15-29(17-34-24)14-19-6-4-18(2)5-7-19/h4-13,16H,3,14-15,17H2,1-2H3. The zero-order valence-electron chi connectivity index (χ0n) is 19.6. The molecule has 4 aromatic rings. The normalized spacial score (nSPS) is 13.2. The molecule has 0 atom stereocenters. The molecule has 2 heterocycles. The van der Waals surface area contributed by atoms with E-state index in [1.165, 1.54) is 17.4 Å². The zero-order chi connectivity index (χ0) is 24.4. The predicted molar refractivity (Wildman–Crippen MR) is 131 cm³/mol. The van der Waals surface area contributed by atoms with Crippen LogP contribution in [-0.4, -0.2) is 24.2 Å². The summed E-state index contributed by atoms with van der Waals surface area (Å²) in [5.41, 5.74) is 3.86. The Morgan fingerprint density at radius 2 is 1.80 bits per heavy atom. The molecular weight excluding hydrogens is 446 g/mol. The molecule has 0 unspecified atom stereocenters. The average Bonchev–Trinajstić information content (AvgIpc) is 2.87. The number of fused-ring (bicyclic) bond motifs is 3. The third-order valence-corrected chi connectivity index (χ3v) is 5.87. The van der Waals surface area contributed by atoms with Crippen LogP contribution in [0.4, 0.5) is 0 Å². The second kappa shape index (κ2) is 9.64. The van der Waals surface area contributed by atoms with Crippen molar-refractivity contribution in [3.8, 4) is 17.2 Å². The smallest absolute Gasteiger partial charge is 0.338 e. The van der Waals surface area contributed by atoms with Crippen molar-refractivity contribution in [2.75, 3.05) is 13.3 Å². The third-order valence-electron chi connectivity index (χ3n) is 5.87. The summed E-state index contributed by atoms with van der Waals surface area (Å²) in [6.07, 6.45) is 1.32. The molecule has 1 aromatic heterocycles. The largest absolute Gasteiger partial charge is 0.478 e. The van der Waals surface area contributed by atoms with Gasteiger partial charge in [-0.3, -0.25) is 9.69 Å². The van der Waals surface area contributed by atoms with Crippen LogP contribution < -0.4 is 14.9 Å². The number of nitrogens with zero attached hydrogens (tertiary/aromatic N) is 1. The molecule has 35 heavy (non-hydrogen) atoms. The summed E-state index contributed by atoms with van der Waals surface area (Å²) in [5.74, 6) is 0.779. The summed E-state index contributed by atoms with van der Waals surface area (Å²) in [6.45, 7) is 5.89. The van der Waals surface area contributed by atoms with Gasteiger partial charge < -0.3 is 18.6 Å².